The Labute approximate surface area is 173 Å². The van der Waals surface area contributed by atoms with Crippen LogP contribution in [0, 0.1) is 13.8 Å². The van der Waals surface area contributed by atoms with Gasteiger partial charge in [-0.2, -0.15) is 9.36 Å². The van der Waals surface area contributed by atoms with Crippen molar-refractivity contribution in [3.8, 4) is 5.69 Å². The first-order valence-corrected chi connectivity index (χ1v) is 11.0. The van der Waals surface area contributed by atoms with Crippen LogP contribution < -0.4 is 5.69 Å². The van der Waals surface area contributed by atoms with Gasteiger partial charge in [0.05, 0.1) is 12.2 Å². The van der Waals surface area contributed by atoms with Crippen LogP contribution in [-0.4, -0.2) is 30.4 Å². The molecule has 0 saturated heterocycles. The summed E-state index contributed by atoms with van der Waals surface area (Å²) in [5.74, 6) is 0.707. The molecule has 0 bridgehead atoms. The van der Waals surface area contributed by atoms with Gasteiger partial charge in [-0.05, 0) is 53.3 Å². The lowest BCUT2D eigenvalue weighted by Crippen LogP contribution is -2.23. The van der Waals surface area contributed by atoms with Gasteiger partial charge >= 0.3 is 5.69 Å². The highest BCUT2D eigenvalue weighted by molar-refractivity contribution is 8.38. The highest BCUT2D eigenvalue weighted by atomic mass is 32.2. The molecule has 0 aliphatic heterocycles. The Bertz CT molecular complexity index is 1040. The number of hydrogen-bond donors (Lipinski definition) is 0. The highest BCUT2D eigenvalue weighted by Gasteiger charge is 2.14. The fourth-order valence-corrected chi connectivity index (χ4v) is 4.33. The fourth-order valence-electron chi connectivity index (χ4n) is 2.69. The SMILES string of the molecule is CSC(=NCc1ccc(C)cc1)SCc1c(C)cccc1-n1nnn(C)c1=O. The van der Waals surface area contributed by atoms with Gasteiger partial charge in [-0.1, -0.05) is 53.7 Å². The van der Waals surface area contributed by atoms with Crippen molar-refractivity contribution in [2.45, 2.75) is 26.1 Å². The summed E-state index contributed by atoms with van der Waals surface area (Å²) in [5.41, 5.74) is 5.13. The van der Waals surface area contributed by atoms with Gasteiger partial charge in [-0.25, -0.2) is 4.79 Å². The van der Waals surface area contributed by atoms with Crippen molar-refractivity contribution < 1.29 is 0 Å². The molecule has 28 heavy (non-hydrogen) atoms. The normalized spacial score (nSPS) is 11.8. The number of tetrazole rings is 1. The maximum atomic E-state index is 12.3. The quantitative estimate of drug-likeness (QED) is 0.471. The number of rotatable bonds is 5. The zero-order chi connectivity index (χ0) is 20.1. The van der Waals surface area contributed by atoms with Gasteiger partial charge in [-0.3, -0.25) is 4.99 Å². The van der Waals surface area contributed by atoms with Crippen molar-refractivity contribution in [2.24, 2.45) is 12.0 Å². The van der Waals surface area contributed by atoms with Crippen LogP contribution in [0.1, 0.15) is 22.3 Å². The van der Waals surface area contributed by atoms with Crippen LogP contribution in [0.4, 0.5) is 0 Å². The van der Waals surface area contributed by atoms with E-state index in [1.165, 1.54) is 20.5 Å². The Kier molecular flexibility index (Phi) is 6.74. The largest absolute Gasteiger partial charge is 0.368 e. The smallest absolute Gasteiger partial charge is 0.267 e. The van der Waals surface area contributed by atoms with E-state index in [4.69, 9.17) is 4.99 Å². The first kappa shape index (κ1) is 20.4. The molecular weight excluding hydrogens is 390 g/mol. The molecule has 0 aliphatic rings. The van der Waals surface area contributed by atoms with E-state index >= 15 is 0 Å². The van der Waals surface area contributed by atoms with E-state index in [0.717, 1.165) is 21.2 Å². The van der Waals surface area contributed by atoms with Crippen molar-refractivity contribution in [1.29, 1.82) is 0 Å². The minimum absolute atomic E-state index is 0.255. The molecule has 0 spiro atoms. The summed E-state index contributed by atoms with van der Waals surface area (Å²) in [4.78, 5) is 17.0. The predicted octanol–water partition coefficient (Wildman–Crippen LogP) is 3.74. The number of thioether (sulfide) groups is 2. The number of aromatic nitrogens is 4. The Balaban J connectivity index is 1.79. The second-order valence-corrected chi connectivity index (χ2v) is 8.45. The van der Waals surface area contributed by atoms with Crippen LogP contribution in [0.5, 0.6) is 0 Å². The lowest BCUT2D eigenvalue weighted by atomic mass is 10.1. The molecule has 146 valence electrons. The summed E-state index contributed by atoms with van der Waals surface area (Å²) in [6.45, 7) is 4.79. The summed E-state index contributed by atoms with van der Waals surface area (Å²) in [5, 5.41) is 7.82. The molecule has 1 heterocycles. The van der Waals surface area contributed by atoms with Crippen molar-refractivity contribution in [1.82, 2.24) is 19.8 Å². The Morgan fingerprint density at radius 1 is 1.11 bits per heavy atom. The Morgan fingerprint density at radius 2 is 1.86 bits per heavy atom. The molecule has 6 nitrogen and oxygen atoms in total. The van der Waals surface area contributed by atoms with Crippen LogP contribution in [0.3, 0.4) is 0 Å². The van der Waals surface area contributed by atoms with Crippen LogP contribution in [-0.2, 0) is 19.3 Å². The van der Waals surface area contributed by atoms with Gasteiger partial charge in [0.2, 0.25) is 0 Å². The van der Waals surface area contributed by atoms with E-state index in [1.807, 2.05) is 31.4 Å². The van der Waals surface area contributed by atoms with E-state index in [0.29, 0.717) is 12.3 Å². The van der Waals surface area contributed by atoms with Gasteiger partial charge in [-0.15, -0.1) is 11.8 Å². The number of aryl methyl sites for hydroxylation is 3. The Morgan fingerprint density at radius 3 is 2.50 bits per heavy atom. The molecule has 8 heteroatoms. The zero-order valence-corrected chi connectivity index (χ0v) is 18.0. The van der Waals surface area contributed by atoms with Crippen molar-refractivity contribution in [3.63, 3.8) is 0 Å². The maximum absolute atomic E-state index is 12.3. The van der Waals surface area contributed by atoms with Gasteiger partial charge in [0.15, 0.2) is 0 Å². The molecule has 3 rings (SSSR count). The standard InChI is InChI=1S/C20H23N5OS2/c1-14-8-10-16(11-9-14)12-21-19(27-4)28-13-17-15(2)6-5-7-18(17)25-20(26)24(3)22-23-25/h5-11H,12-13H2,1-4H3. The lowest BCUT2D eigenvalue weighted by Gasteiger charge is -2.11. The number of benzene rings is 2. The number of nitrogens with zero attached hydrogens (tertiary/aromatic N) is 5. The molecule has 1 aromatic heterocycles. The van der Waals surface area contributed by atoms with E-state index in [2.05, 4.69) is 41.6 Å². The lowest BCUT2D eigenvalue weighted by molar-refractivity contribution is 0.692. The van der Waals surface area contributed by atoms with Gasteiger partial charge in [0.25, 0.3) is 0 Å². The van der Waals surface area contributed by atoms with Gasteiger partial charge < -0.3 is 0 Å². The molecule has 0 unspecified atom stereocenters. The van der Waals surface area contributed by atoms with Crippen LogP contribution in [0.2, 0.25) is 0 Å². The maximum Gasteiger partial charge on any atom is 0.368 e. The minimum Gasteiger partial charge on any atom is -0.267 e. The molecule has 3 aromatic rings. The second kappa shape index (κ2) is 9.25. The summed E-state index contributed by atoms with van der Waals surface area (Å²) in [6.07, 6.45) is 2.03. The molecule has 0 aliphatic carbocycles. The molecule has 0 amide bonds. The molecule has 0 fully saturated rings. The fraction of sp³-hybridized carbons (Fsp3) is 0.300. The third-order valence-electron chi connectivity index (χ3n) is 4.36. The van der Waals surface area contributed by atoms with E-state index in [1.54, 1.807) is 30.6 Å². The van der Waals surface area contributed by atoms with Gasteiger partial charge in [0.1, 0.15) is 4.38 Å². The average Bonchev–Trinajstić information content (AvgIpc) is 3.02. The topological polar surface area (TPSA) is 65.1 Å². The Hall–Kier alpha value is -2.32. The molecule has 2 aromatic carbocycles. The van der Waals surface area contributed by atoms with Crippen LogP contribution in [0.25, 0.3) is 5.69 Å². The predicted molar refractivity (Wildman–Crippen MR) is 118 cm³/mol. The number of hydrogen-bond acceptors (Lipinski definition) is 6. The van der Waals surface area contributed by atoms with Gasteiger partial charge in [0, 0.05) is 12.8 Å². The summed E-state index contributed by atoms with van der Waals surface area (Å²) in [7, 11) is 1.60. The molecule has 0 radical (unpaired) electrons. The summed E-state index contributed by atoms with van der Waals surface area (Å²) < 4.78 is 3.60. The molecular formula is C20H23N5OS2. The summed E-state index contributed by atoms with van der Waals surface area (Å²) in [6, 6.07) is 14.3. The van der Waals surface area contributed by atoms with Crippen molar-refractivity contribution >= 4 is 27.9 Å². The minimum atomic E-state index is -0.255. The zero-order valence-electron chi connectivity index (χ0n) is 16.4. The first-order valence-electron chi connectivity index (χ1n) is 8.84. The molecule has 0 N–H and O–H groups in total. The van der Waals surface area contributed by atoms with Crippen LogP contribution >= 0.6 is 23.5 Å². The molecule has 0 saturated carbocycles. The van der Waals surface area contributed by atoms with Crippen molar-refractivity contribution in [2.75, 3.05) is 6.26 Å². The monoisotopic (exact) mass is 413 g/mol. The number of aliphatic imine (C=N–C) groups is 1. The van der Waals surface area contributed by atoms with Crippen LogP contribution in [0.15, 0.2) is 52.3 Å². The van der Waals surface area contributed by atoms with Crippen molar-refractivity contribution in [3.05, 3.63) is 75.2 Å². The van der Waals surface area contributed by atoms with E-state index < -0.39 is 0 Å². The third kappa shape index (κ3) is 4.74. The van der Waals surface area contributed by atoms with E-state index in [9.17, 15) is 4.79 Å². The first-order chi connectivity index (χ1) is 13.5. The second-order valence-electron chi connectivity index (χ2n) is 6.43. The third-order valence-corrected chi connectivity index (χ3v) is 6.50. The molecule has 0 atom stereocenters. The average molecular weight is 414 g/mol. The van der Waals surface area contributed by atoms with E-state index in [-0.39, 0.29) is 5.69 Å². The summed E-state index contributed by atoms with van der Waals surface area (Å²) >= 11 is 3.31. The highest BCUT2D eigenvalue weighted by Crippen LogP contribution is 2.26.